The molecule has 1 aromatic carbocycles. The molecule has 0 aliphatic carbocycles. The van der Waals surface area contributed by atoms with E-state index in [2.05, 4.69) is 0 Å². The van der Waals surface area contributed by atoms with Crippen LogP contribution in [-0.4, -0.2) is 11.8 Å². The van der Waals surface area contributed by atoms with Gasteiger partial charge in [-0.05, 0) is 23.7 Å². The fraction of sp³-hybridized carbons (Fsp3) is 0.0909. The second kappa shape index (κ2) is 4.37. The minimum Gasteiger partial charge on any atom is -0.483 e. The zero-order valence-electron chi connectivity index (χ0n) is 8.10. The smallest absolute Gasteiger partial charge is 0.339 e. The number of fused-ring (bicyclic) bond motifs is 1. The van der Waals surface area contributed by atoms with Gasteiger partial charge in [0.1, 0.15) is 11.3 Å². The van der Waals surface area contributed by atoms with Gasteiger partial charge in [-0.25, -0.2) is 4.79 Å². The molecule has 16 heavy (non-hydrogen) atoms. The lowest BCUT2D eigenvalue weighted by Crippen LogP contribution is -2.07. The zero-order valence-corrected chi connectivity index (χ0v) is 8.86. The number of halogens is 1. The van der Waals surface area contributed by atoms with E-state index < -0.39 is 10.9 Å². The van der Waals surface area contributed by atoms with E-state index in [1.165, 1.54) is 6.07 Å². The normalized spacial score (nSPS) is 10.3. The molecule has 0 N–H and O–H groups in total. The summed E-state index contributed by atoms with van der Waals surface area (Å²) in [4.78, 5) is 21.8. The maximum absolute atomic E-state index is 11.2. The van der Waals surface area contributed by atoms with Gasteiger partial charge in [-0.15, -0.1) is 0 Å². The van der Waals surface area contributed by atoms with Gasteiger partial charge in [0.25, 0.3) is 5.24 Å². The van der Waals surface area contributed by atoms with Crippen LogP contribution in [0.2, 0.25) is 0 Å². The molecular weight excluding hydrogens is 232 g/mol. The van der Waals surface area contributed by atoms with Crippen molar-refractivity contribution in [1.82, 2.24) is 0 Å². The number of rotatable bonds is 3. The highest BCUT2D eigenvalue weighted by molar-refractivity contribution is 6.63. The average Bonchev–Trinajstić information content (AvgIpc) is 2.25. The van der Waals surface area contributed by atoms with Crippen LogP contribution in [0.3, 0.4) is 0 Å². The Hall–Kier alpha value is -1.81. The fourth-order valence-corrected chi connectivity index (χ4v) is 1.39. The van der Waals surface area contributed by atoms with E-state index in [0.717, 1.165) is 0 Å². The van der Waals surface area contributed by atoms with Crippen molar-refractivity contribution in [3.63, 3.8) is 0 Å². The molecular formula is C11H7ClO4. The molecule has 2 aromatic rings. The Labute approximate surface area is 95.4 Å². The van der Waals surface area contributed by atoms with Gasteiger partial charge in [0, 0.05) is 0 Å². The van der Waals surface area contributed by atoms with Crippen LogP contribution >= 0.6 is 11.6 Å². The van der Waals surface area contributed by atoms with E-state index in [-0.39, 0.29) is 6.61 Å². The van der Waals surface area contributed by atoms with Gasteiger partial charge in [0.15, 0.2) is 6.61 Å². The average molecular weight is 239 g/mol. The van der Waals surface area contributed by atoms with Gasteiger partial charge in [0.05, 0.1) is 11.5 Å². The van der Waals surface area contributed by atoms with Gasteiger partial charge in [0.2, 0.25) is 0 Å². The van der Waals surface area contributed by atoms with E-state index in [9.17, 15) is 9.59 Å². The van der Waals surface area contributed by atoms with Crippen LogP contribution in [0.1, 0.15) is 0 Å². The van der Waals surface area contributed by atoms with Crippen molar-refractivity contribution in [2.45, 2.75) is 0 Å². The number of para-hydroxylation sites is 1. The predicted octanol–water partition coefficient (Wildman–Crippen LogP) is 1.94. The molecule has 0 spiro atoms. The number of hydrogen-bond donors (Lipinski definition) is 0. The molecule has 5 heteroatoms. The highest BCUT2D eigenvalue weighted by atomic mass is 35.5. The fourth-order valence-electron chi connectivity index (χ4n) is 1.34. The topological polar surface area (TPSA) is 56.5 Å². The quantitative estimate of drug-likeness (QED) is 0.606. The lowest BCUT2D eigenvalue weighted by molar-refractivity contribution is -0.113. The molecule has 0 fully saturated rings. The van der Waals surface area contributed by atoms with Crippen LogP contribution in [0.5, 0.6) is 5.75 Å². The van der Waals surface area contributed by atoms with Crippen molar-refractivity contribution in [3.8, 4) is 5.75 Å². The number of hydrogen-bond acceptors (Lipinski definition) is 4. The van der Waals surface area contributed by atoms with Gasteiger partial charge in [-0.3, -0.25) is 4.79 Å². The maximum atomic E-state index is 11.2. The maximum Gasteiger partial charge on any atom is 0.339 e. The van der Waals surface area contributed by atoms with Crippen LogP contribution in [0.15, 0.2) is 39.5 Å². The third-order valence-electron chi connectivity index (χ3n) is 1.95. The molecule has 4 nitrogen and oxygen atoms in total. The van der Waals surface area contributed by atoms with Crippen molar-refractivity contribution in [2.75, 3.05) is 6.61 Å². The summed E-state index contributed by atoms with van der Waals surface area (Å²) in [6, 6.07) is 8.07. The van der Waals surface area contributed by atoms with Crippen LogP contribution in [-0.2, 0) is 4.79 Å². The molecule has 0 radical (unpaired) electrons. The first kappa shape index (κ1) is 10.7. The first-order chi connectivity index (χ1) is 7.66. The number of carbonyl (C=O) groups is 1. The minimum absolute atomic E-state index is 0.283. The SMILES string of the molecule is O=C(Cl)COc1cc(=O)oc2ccccc12. The summed E-state index contributed by atoms with van der Waals surface area (Å²) in [5.74, 6) is 0.292. The third kappa shape index (κ3) is 2.23. The van der Waals surface area contributed by atoms with Crippen molar-refractivity contribution in [2.24, 2.45) is 0 Å². The molecule has 2 rings (SSSR count). The molecule has 0 saturated carbocycles. The van der Waals surface area contributed by atoms with Crippen LogP contribution in [0.4, 0.5) is 0 Å². The number of ether oxygens (including phenoxy) is 1. The third-order valence-corrected chi connectivity index (χ3v) is 2.06. The van der Waals surface area contributed by atoms with E-state index in [1.54, 1.807) is 24.3 Å². The van der Waals surface area contributed by atoms with Gasteiger partial charge in [-0.1, -0.05) is 12.1 Å². The molecule has 1 aromatic heterocycles. The first-order valence-corrected chi connectivity index (χ1v) is 4.88. The van der Waals surface area contributed by atoms with E-state index in [0.29, 0.717) is 16.7 Å². The summed E-state index contributed by atoms with van der Waals surface area (Å²) in [5.41, 5.74) is -0.122. The Morgan fingerprint density at radius 2 is 2.12 bits per heavy atom. The van der Waals surface area contributed by atoms with Crippen LogP contribution < -0.4 is 10.4 Å². The Kier molecular flexibility index (Phi) is 2.92. The molecule has 82 valence electrons. The summed E-state index contributed by atoms with van der Waals surface area (Å²) in [6.07, 6.45) is 0. The van der Waals surface area contributed by atoms with Crippen LogP contribution in [0, 0.1) is 0 Å². The molecule has 0 aliphatic heterocycles. The second-order valence-electron chi connectivity index (χ2n) is 3.07. The summed E-state index contributed by atoms with van der Waals surface area (Å²) in [6.45, 7) is -0.283. The zero-order chi connectivity index (χ0) is 11.5. The largest absolute Gasteiger partial charge is 0.483 e. The minimum atomic E-state index is -0.627. The molecule has 1 heterocycles. The predicted molar refractivity (Wildman–Crippen MR) is 58.8 cm³/mol. The van der Waals surface area contributed by atoms with Crippen molar-refractivity contribution < 1.29 is 13.9 Å². The highest BCUT2D eigenvalue weighted by Gasteiger charge is 2.07. The Bertz CT molecular complexity index is 588. The Morgan fingerprint density at radius 1 is 1.38 bits per heavy atom. The molecule has 0 amide bonds. The lowest BCUT2D eigenvalue weighted by Gasteiger charge is -2.05. The van der Waals surface area contributed by atoms with E-state index >= 15 is 0 Å². The number of carbonyl (C=O) groups excluding carboxylic acids is 1. The highest BCUT2D eigenvalue weighted by Crippen LogP contribution is 2.23. The molecule has 0 bridgehead atoms. The van der Waals surface area contributed by atoms with E-state index in [4.69, 9.17) is 20.8 Å². The lowest BCUT2D eigenvalue weighted by atomic mass is 10.2. The number of benzene rings is 1. The summed E-state index contributed by atoms with van der Waals surface area (Å²) < 4.78 is 10.1. The van der Waals surface area contributed by atoms with Crippen molar-refractivity contribution in [1.29, 1.82) is 0 Å². The Morgan fingerprint density at radius 3 is 2.88 bits per heavy atom. The first-order valence-electron chi connectivity index (χ1n) is 4.51. The van der Waals surface area contributed by atoms with Gasteiger partial charge < -0.3 is 9.15 Å². The van der Waals surface area contributed by atoms with Crippen molar-refractivity contribution in [3.05, 3.63) is 40.8 Å². The second-order valence-corrected chi connectivity index (χ2v) is 3.49. The van der Waals surface area contributed by atoms with Gasteiger partial charge in [-0.2, -0.15) is 0 Å². The van der Waals surface area contributed by atoms with Crippen LogP contribution in [0.25, 0.3) is 11.0 Å². The van der Waals surface area contributed by atoms with Crippen molar-refractivity contribution >= 4 is 27.8 Å². The van der Waals surface area contributed by atoms with E-state index in [1.807, 2.05) is 0 Å². The van der Waals surface area contributed by atoms with Gasteiger partial charge >= 0.3 is 5.63 Å². The standard InChI is InChI=1S/C11H7ClO4/c12-10(13)6-15-9-5-11(14)16-8-4-2-1-3-7(8)9/h1-5H,6H2. The summed E-state index contributed by atoms with van der Waals surface area (Å²) >= 11 is 5.15. The summed E-state index contributed by atoms with van der Waals surface area (Å²) in [5, 5.41) is -0.00246. The Balaban J connectivity index is 2.50. The molecule has 0 aliphatic rings. The molecule has 0 saturated heterocycles. The monoisotopic (exact) mass is 238 g/mol. The summed E-state index contributed by atoms with van der Waals surface area (Å²) in [7, 11) is 0. The molecule has 0 atom stereocenters. The molecule has 0 unspecified atom stereocenters.